The third-order valence-corrected chi connectivity index (χ3v) is 6.90. The van der Waals surface area contributed by atoms with E-state index in [-0.39, 0.29) is 19.0 Å². The van der Waals surface area contributed by atoms with Crippen molar-refractivity contribution >= 4 is 64.0 Å². The summed E-state index contributed by atoms with van der Waals surface area (Å²) in [4.78, 5) is 53.3. The van der Waals surface area contributed by atoms with Gasteiger partial charge in [-0.2, -0.15) is 9.37 Å². The van der Waals surface area contributed by atoms with Crippen LogP contribution in [0.25, 0.3) is 0 Å². The minimum Gasteiger partial charge on any atom is -0.349 e. The monoisotopic (exact) mass is 531 g/mol. The van der Waals surface area contributed by atoms with Gasteiger partial charge in [-0.15, -0.1) is 16.2 Å². The molecule has 0 fully saturated rings. The van der Waals surface area contributed by atoms with Crippen LogP contribution in [0.5, 0.6) is 0 Å². The number of carbonyl (C=O) groups excluding carboxylic acids is 4. The Hall–Kier alpha value is -3.27. The molecule has 1 aromatic heterocycles. The summed E-state index contributed by atoms with van der Waals surface area (Å²) < 4.78 is 1.24. The minimum absolute atomic E-state index is 0.101. The topological polar surface area (TPSA) is 98.6 Å². The first-order valence-corrected chi connectivity index (χ1v) is 12.3. The van der Waals surface area contributed by atoms with Gasteiger partial charge < -0.3 is 10.6 Å². The van der Waals surface area contributed by atoms with E-state index in [1.165, 1.54) is 15.9 Å². The van der Waals surface area contributed by atoms with Gasteiger partial charge in [0, 0.05) is 21.5 Å². The smallest absolute Gasteiger partial charge is 0.349 e. The summed E-state index contributed by atoms with van der Waals surface area (Å²) in [6.45, 7) is -0.327. The lowest BCUT2D eigenvalue weighted by Crippen LogP contribution is -2.57. The average Bonchev–Trinajstić information content (AvgIpc) is 3.36. The van der Waals surface area contributed by atoms with E-state index in [2.05, 4.69) is 10.6 Å². The van der Waals surface area contributed by atoms with Gasteiger partial charge in [-0.05, 0) is 35.2 Å². The van der Waals surface area contributed by atoms with Gasteiger partial charge in [0.25, 0.3) is 11.8 Å². The number of thiophene rings is 1. The van der Waals surface area contributed by atoms with Crippen molar-refractivity contribution in [1.82, 2.24) is 15.5 Å². The van der Waals surface area contributed by atoms with E-state index in [4.69, 9.17) is 23.2 Å². The standard InChI is InChI=1S/C24H20Cl2N4O4S/c25-16-8-7-15(19(26)10-16)11-27-22(32)14-30-23(33)18-5-1-2-6-20(18)29(24(30)34)13-21(31)28-12-17-4-3-9-35-17/h1-10,18H,11-14H2,(H-,27,28,31,32)/p+1. The number of rotatable bonds is 8. The number of hydrogen-bond acceptors (Lipinski definition) is 5. The Morgan fingerprint density at radius 3 is 2.60 bits per heavy atom. The Kier molecular flexibility index (Phi) is 7.80. The predicted octanol–water partition coefficient (Wildman–Crippen LogP) is 3.15. The van der Waals surface area contributed by atoms with Crippen molar-refractivity contribution in [3.8, 4) is 0 Å². The van der Waals surface area contributed by atoms with Crippen molar-refractivity contribution in [3.63, 3.8) is 0 Å². The molecule has 0 saturated heterocycles. The highest BCUT2D eigenvalue weighted by atomic mass is 35.5. The molecule has 0 bridgehead atoms. The number of amides is 5. The predicted molar refractivity (Wildman–Crippen MR) is 133 cm³/mol. The molecule has 1 aromatic carbocycles. The van der Waals surface area contributed by atoms with E-state index in [0.29, 0.717) is 27.9 Å². The molecule has 2 aliphatic rings. The van der Waals surface area contributed by atoms with Gasteiger partial charge in [0.05, 0.1) is 6.54 Å². The van der Waals surface area contributed by atoms with E-state index in [0.717, 1.165) is 9.78 Å². The molecule has 180 valence electrons. The van der Waals surface area contributed by atoms with Gasteiger partial charge in [-0.25, -0.2) is 4.79 Å². The second-order valence-corrected chi connectivity index (χ2v) is 9.68. The zero-order valence-corrected chi connectivity index (χ0v) is 20.7. The molecule has 4 rings (SSSR count). The third-order valence-electron chi connectivity index (χ3n) is 5.44. The molecule has 1 aliphatic carbocycles. The number of urea groups is 1. The van der Waals surface area contributed by atoms with Gasteiger partial charge in [-0.1, -0.05) is 53.6 Å². The number of nitrogens with zero attached hydrogens (tertiary/aromatic N) is 2. The van der Waals surface area contributed by atoms with Gasteiger partial charge in [-0.3, -0.25) is 9.59 Å². The maximum atomic E-state index is 13.2. The Bertz CT molecular complexity index is 1270. The first-order valence-electron chi connectivity index (χ1n) is 10.7. The first-order chi connectivity index (χ1) is 16.8. The molecular formula is C24H21Cl2N4O4S+. The highest BCUT2D eigenvalue weighted by molar-refractivity contribution is 7.09. The number of carbonyl (C=O) groups is 4. The highest BCUT2D eigenvalue weighted by Gasteiger charge is 2.48. The SMILES string of the molecule is O=C(CN1C(=O)C2C=CC=CC2=[N+](CC(=O)NCc2cccs2)C1=O)NCc1ccc(Cl)cc1Cl. The number of halogens is 2. The van der Waals surface area contributed by atoms with Crippen molar-refractivity contribution < 1.29 is 23.8 Å². The molecule has 35 heavy (non-hydrogen) atoms. The zero-order valence-electron chi connectivity index (χ0n) is 18.4. The number of hydrogen-bond donors (Lipinski definition) is 2. The largest absolute Gasteiger partial charge is 0.501 e. The molecule has 2 heterocycles. The van der Waals surface area contributed by atoms with Crippen LogP contribution in [0.4, 0.5) is 4.79 Å². The molecule has 11 heteroatoms. The number of allylic oxidation sites excluding steroid dienone is 3. The van der Waals surface area contributed by atoms with E-state index in [1.807, 2.05) is 17.5 Å². The Morgan fingerprint density at radius 1 is 1.06 bits per heavy atom. The molecule has 2 N–H and O–H groups in total. The summed E-state index contributed by atoms with van der Waals surface area (Å²) in [6, 6.07) is 7.94. The van der Waals surface area contributed by atoms with E-state index >= 15 is 0 Å². The number of imide groups is 1. The van der Waals surface area contributed by atoms with E-state index in [1.54, 1.807) is 42.5 Å². The van der Waals surface area contributed by atoms with Crippen molar-refractivity contribution in [1.29, 1.82) is 0 Å². The zero-order chi connectivity index (χ0) is 24.9. The van der Waals surface area contributed by atoms with E-state index in [9.17, 15) is 19.2 Å². The van der Waals surface area contributed by atoms with Crippen molar-refractivity contribution in [3.05, 3.63) is 80.5 Å². The summed E-state index contributed by atoms with van der Waals surface area (Å²) in [5.74, 6) is -2.21. The summed E-state index contributed by atoms with van der Waals surface area (Å²) >= 11 is 13.5. The van der Waals surface area contributed by atoms with Gasteiger partial charge in [0.15, 0.2) is 13.1 Å². The van der Waals surface area contributed by atoms with Crippen LogP contribution in [0.1, 0.15) is 10.4 Å². The van der Waals surface area contributed by atoms with Crippen LogP contribution in [0.2, 0.25) is 10.0 Å². The lowest BCUT2D eigenvalue weighted by molar-refractivity contribution is -0.428. The third kappa shape index (κ3) is 5.87. The number of benzene rings is 1. The minimum atomic E-state index is -0.763. The maximum Gasteiger partial charge on any atom is 0.501 e. The van der Waals surface area contributed by atoms with Crippen LogP contribution in [0, 0.1) is 5.92 Å². The molecule has 8 nitrogen and oxygen atoms in total. The summed E-state index contributed by atoms with van der Waals surface area (Å²) in [7, 11) is 0. The van der Waals surface area contributed by atoms with Crippen LogP contribution < -0.4 is 10.6 Å². The van der Waals surface area contributed by atoms with Crippen LogP contribution in [0.15, 0.2) is 60.0 Å². The first kappa shape index (κ1) is 24.8. The Balaban J connectivity index is 1.45. The van der Waals surface area contributed by atoms with Gasteiger partial charge in [0.2, 0.25) is 0 Å². The van der Waals surface area contributed by atoms with Crippen LogP contribution in [-0.4, -0.2) is 52.0 Å². The van der Waals surface area contributed by atoms with E-state index < -0.39 is 30.3 Å². The van der Waals surface area contributed by atoms with Gasteiger partial charge in [0.1, 0.15) is 11.6 Å². The second kappa shape index (κ2) is 11.0. The van der Waals surface area contributed by atoms with Crippen molar-refractivity contribution in [2.24, 2.45) is 5.92 Å². The summed E-state index contributed by atoms with van der Waals surface area (Å²) in [5, 5.41) is 8.21. The molecule has 1 aliphatic heterocycles. The molecule has 5 amide bonds. The average molecular weight is 532 g/mol. The molecule has 2 aromatic rings. The highest BCUT2D eigenvalue weighted by Crippen LogP contribution is 2.21. The second-order valence-electron chi connectivity index (χ2n) is 7.81. The fraction of sp³-hybridized carbons (Fsp3) is 0.208. The quantitative estimate of drug-likeness (QED) is 0.511. The normalized spacial score (nSPS) is 17.0. The summed E-state index contributed by atoms with van der Waals surface area (Å²) in [6.07, 6.45) is 6.66. The van der Waals surface area contributed by atoms with Crippen LogP contribution in [-0.2, 0) is 27.5 Å². The Labute approximate surface area is 215 Å². The molecule has 1 atom stereocenters. The molecular weight excluding hydrogens is 511 g/mol. The lowest BCUT2D eigenvalue weighted by Gasteiger charge is -2.26. The van der Waals surface area contributed by atoms with Gasteiger partial charge >= 0.3 is 11.9 Å². The molecule has 0 radical (unpaired) electrons. The van der Waals surface area contributed by atoms with Crippen molar-refractivity contribution in [2.75, 3.05) is 13.1 Å². The molecule has 1 unspecified atom stereocenters. The van der Waals surface area contributed by atoms with Crippen LogP contribution in [0.3, 0.4) is 0 Å². The fourth-order valence-corrected chi connectivity index (χ4v) is 4.80. The fourth-order valence-electron chi connectivity index (χ4n) is 3.68. The maximum absolute atomic E-state index is 13.2. The number of nitrogens with one attached hydrogen (secondary N) is 2. The lowest BCUT2D eigenvalue weighted by atomic mass is 9.94. The molecule has 0 saturated carbocycles. The summed E-state index contributed by atoms with van der Waals surface area (Å²) in [5.41, 5.74) is 1.04. The van der Waals surface area contributed by atoms with Crippen molar-refractivity contribution in [2.45, 2.75) is 13.1 Å². The van der Waals surface area contributed by atoms with Crippen LogP contribution >= 0.6 is 34.5 Å². The number of fused-ring (bicyclic) bond motifs is 1. The molecule has 0 spiro atoms. The Morgan fingerprint density at radius 2 is 1.86 bits per heavy atom.